The molecule has 0 radical (unpaired) electrons. The molecule has 21 heteroatoms. The number of anilines is 1. The maximum atomic E-state index is 11.9. The molecular formula is C10H16N7O11P3. The molecule has 0 aromatic carbocycles. The summed E-state index contributed by atoms with van der Waals surface area (Å²) in [4.78, 5) is 47.7. The second kappa shape index (κ2) is 8.69. The summed E-state index contributed by atoms with van der Waals surface area (Å²) in [6.45, 7) is -0.748. The Bertz CT molecular complexity index is 1120. The first-order chi connectivity index (χ1) is 14.3. The number of nitrogens with two attached hydrogens (primary N) is 1. The highest BCUT2D eigenvalue weighted by Gasteiger charge is 2.44. The van der Waals surface area contributed by atoms with Crippen molar-refractivity contribution in [3.8, 4) is 0 Å². The smallest absolute Gasteiger partial charge is 0.490 e. The first-order valence-electron chi connectivity index (χ1n) is 8.07. The Morgan fingerprint density at radius 3 is 2.55 bits per heavy atom. The molecule has 5 atom stereocenters. The number of phosphoric acid groups is 3. The van der Waals surface area contributed by atoms with Crippen molar-refractivity contribution in [1.29, 1.82) is 0 Å². The molecule has 0 saturated carbocycles. The van der Waals surface area contributed by atoms with Crippen LogP contribution in [0.5, 0.6) is 0 Å². The summed E-state index contributed by atoms with van der Waals surface area (Å²) in [5.74, 6) is 0.128. The largest absolute Gasteiger partial charge is 0.508 e. The summed E-state index contributed by atoms with van der Waals surface area (Å²) in [7, 11) is -16.5. The number of ether oxygens (including phenoxy) is 1. The summed E-state index contributed by atoms with van der Waals surface area (Å²) in [5, 5.41) is 1.94. The molecule has 1 saturated heterocycles. The summed E-state index contributed by atoms with van der Waals surface area (Å²) in [6, 6.07) is -0.839. The lowest BCUT2D eigenvalue weighted by Crippen LogP contribution is -2.74. The van der Waals surface area contributed by atoms with Crippen LogP contribution in [0.25, 0.3) is 16.7 Å². The van der Waals surface area contributed by atoms with Crippen molar-refractivity contribution in [2.24, 2.45) is 0 Å². The molecule has 0 amide bonds. The number of nitrogens with one attached hydrogen (secondary N) is 1. The van der Waals surface area contributed by atoms with E-state index in [-0.39, 0.29) is 12.2 Å². The first kappa shape index (κ1) is 24.0. The standard InChI is InChI=1S/C10H16N7O11P3/c11-9-8-10(14-3-13-9)17(4-15-8)7-1-5(16-12)6(26-7)2-25-30(21,22)28-31(23,24)27-29(18,19)20/h3-7,16H,1-2H2,(H,21,22)(H,23,24)(H2,11,13,14)(H2,18,19,20). The fourth-order valence-corrected chi connectivity index (χ4v) is 5.77. The van der Waals surface area contributed by atoms with E-state index in [1.165, 1.54) is 17.2 Å². The Hall–Kier alpha value is -1.68. The van der Waals surface area contributed by atoms with E-state index in [0.717, 1.165) is 0 Å². The van der Waals surface area contributed by atoms with Gasteiger partial charge in [-0.2, -0.15) is 8.62 Å². The molecule has 0 bridgehead atoms. The quantitative estimate of drug-likeness (QED) is 0.168. The molecule has 2 aromatic heterocycles. The zero-order chi connectivity index (χ0) is 23.0. The van der Waals surface area contributed by atoms with Gasteiger partial charge >= 0.3 is 23.5 Å². The topological polar surface area (TPSA) is 275 Å². The third kappa shape index (κ3) is 5.97. The lowest BCUT2D eigenvalue weighted by Gasteiger charge is -2.19. The second-order valence-corrected chi connectivity index (χ2v) is 10.5. The summed E-state index contributed by atoms with van der Waals surface area (Å²) >= 11 is 0. The number of imidazole rings is 1. The van der Waals surface area contributed by atoms with Crippen LogP contribution in [-0.4, -0.2) is 57.8 Å². The predicted molar refractivity (Wildman–Crippen MR) is 96.2 cm³/mol. The zero-order valence-corrected chi connectivity index (χ0v) is 17.8. The van der Waals surface area contributed by atoms with Crippen LogP contribution in [0.1, 0.15) is 12.6 Å². The van der Waals surface area contributed by atoms with E-state index < -0.39 is 48.4 Å². The highest BCUT2D eigenvalue weighted by Crippen LogP contribution is 2.66. The van der Waals surface area contributed by atoms with Gasteiger partial charge in [-0.05, 0) is 0 Å². The molecule has 172 valence electrons. The van der Waals surface area contributed by atoms with E-state index >= 15 is 0 Å². The van der Waals surface area contributed by atoms with E-state index in [4.69, 9.17) is 25.2 Å². The fraction of sp³-hybridized carbons (Fsp3) is 0.500. The fourth-order valence-electron chi connectivity index (χ4n) is 2.74. The number of nitrogen functional groups attached to an aromatic ring is 1. The highest BCUT2D eigenvalue weighted by molar-refractivity contribution is 7.66. The summed E-state index contributed by atoms with van der Waals surface area (Å²) < 4.78 is 52.8. The van der Waals surface area contributed by atoms with E-state index in [0.29, 0.717) is 11.2 Å². The Balaban J connectivity index is 1.68. The van der Waals surface area contributed by atoms with Crippen molar-refractivity contribution in [2.45, 2.75) is 24.8 Å². The molecule has 3 rings (SSSR count). The molecule has 0 aliphatic carbocycles. The molecule has 7 N–H and O–H groups in total. The van der Waals surface area contributed by atoms with Gasteiger partial charge in [0, 0.05) is 0 Å². The summed E-state index contributed by atoms with van der Waals surface area (Å²) in [5.41, 5.74) is 15.7. The van der Waals surface area contributed by atoms with Gasteiger partial charge in [0.2, 0.25) is 0 Å². The number of hydrogen-bond acceptors (Lipinski definition) is 11. The minimum Gasteiger partial charge on any atom is -0.508 e. The van der Waals surface area contributed by atoms with Crippen molar-refractivity contribution >= 4 is 40.4 Å². The number of aromatic nitrogens is 4. The minimum atomic E-state index is -5.65. The number of hydrogen-bond donors (Lipinski definition) is 6. The Morgan fingerprint density at radius 2 is 1.90 bits per heavy atom. The van der Waals surface area contributed by atoms with Crippen molar-refractivity contribution in [3.63, 3.8) is 0 Å². The number of rotatable bonds is 9. The van der Waals surface area contributed by atoms with Crippen LogP contribution in [0.4, 0.5) is 5.82 Å². The molecule has 1 aliphatic heterocycles. The van der Waals surface area contributed by atoms with Gasteiger partial charge in [0.25, 0.3) is 0 Å². The van der Waals surface area contributed by atoms with Gasteiger partial charge in [0.1, 0.15) is 24.2 Å². The SMILES string of the molecule is [N-]=[NH+]C1CC(n2cnc3c(N)ncnc32)OC1COP(=O)(O)OP(=O)(O)OP(=O)(O)O. The molecular weight excluding hydrogens is 487 g/mol. The molecule has 1 aliphatic rings. The third-order valence-corrected chi connectivity index (χ3v) is 7.72. The van der Waals surface area contributed by atoms with Crippen molar-refractivity contribution in [3.05, 3.63) is 18.2 Å². The number of nitrogens with zero attached hydrogens (tertiary/aromatic N) is 5. The lowest BCUT2D eigenvalue weighted by atomic mass is 10.1. The Morgan fingerprint density at radius 1 is 1.19 bits per heavy atom. The molecule has 3 heterocycles. The summed E-state index contributed by atoms with van der Waals surface area (Å²) in [6.07, 6.45) is 0.810. The van der Waals surface area contributed by atoms with Crippen LogP contribution in [-0.2, 0) is 31.6 Å². The van der Waals surface area contributed by atoms with E-state index in [9.17, 15) is 24.1 Å². The Kier molecular flexibility index (Phi) is 6.72. The van der Waals surface area contributed by atoms with Gasteiger partial charge in [0.15, 0.2) is 17.5 Å². The first-order valence-corrected chi connectivity index (χ1v) is 12.6. The maximum absolute atomic E-state index is 11.9. The van der Waals surface area contributed by atoms with Gasteiger partial charge in [-0.1, -0.05) is 0 Å². The predicted octanol–water partition coefficient (Wildman–Crippen LogP) is -1.49. The van der Waals surface area contributed by atoms with Gasteiger partial charge in [-0.25, -0.2) is 28.6 Å². The average Bonchev–Trinajstić information content (AvgIpc) is 3.21. The highest BCUT2D eigenvalue weighted by atomic mass is 31.3. The molecule has 2 aromatic rings. The monoisotopic (exact) mass is 503 g/mol. The lowest BCUT2D eigenvalue weighted by molar-refractivity contribution is -0.530. The van der Waals surface area contributed by atoms with Crippen molar-refractivity contribution < 1.29 is 56.3 Å². The van der Waals surface area contributed by atoms with Gasteiger partial charge in [-0.3, -0.25) is 9.09 Å². The normalized spacial score (nSPS) is 25.9. The molecule has 18 nitrogen and oxygen atoms in total. The number of phosphoric ester groups is 1. The Labute approximate surface area is 172 Å². The maximum Gasteiger partial charge on any atom is 0.490 e. The van der Waals surface area contributed by atoms with Crippen LogP contribution >= 0.6 is 23.5 Å². The zero-order valence-electron chi connectivity index (χ0n) is 15.1. The number of fused-ring (bicyclic) bond motifs is 1. The van der Waals surface area contributed by atoms with Gasteiger partial charge in [-0.15, -0.1) is 0 Å². The van der Waals surface area contributed by atoms with Crippen LogP contribution < -0.4 is 10.8 Å². The third-order valence-electron chi connectivity index (χ3n) is 3.92. The van der Waals surface area contributed by atoms with Gasteiger partial charge in [0.05, 0.1) is 19.4 Å². The second-order valence-electron chi connectivity index (χ2n) is 6.07. The van der Waals surface area contributed by atoms with Crippen LogP contribution in [0, 0.1) is 0 Å². The molecule has 31 heavy (non-hydrogen) atoms. The molecule has 5 unspecified atom stereocenters. The van der Waals surface area contributed by atoms with Gasteiger partial charge < -0.3 is 40.7 Å². The van der Waals surface area contributed by atoms with Crippen LogP contribution in [0.2, 0.25) is 0 Å². The minimum absolute atomic E-state index is 0.107. The van der Waals surface area contributed by atoms with Crippen molar-refractivity contribution in [1.82, 2.24) is 19.5 Å². The average molecular weight is 503 g/mol. The molecule has 1 fully saturated rings. The molecule has 0 spiro atoms. The van der Waals surface area contributed by atoms with E-state index in [2.05, 4.69) is 28.1 Å². The van der Waals surface area contributed by atoms with Crippen LogP contribution in [0.3, 0.4) is 0 Å². The van der Waals surface area contributed by atoms with Crippen molar-refractivity contribution in [2.75, 3.05) is 12.3 Å². The van der Waals surface area contributed by atoms with E-state index in [1.807, 2.05) is 5.11 Å². The van der Waals surface area contributed by atoms with E-state index in [1.54, 1.807) is 0 Å². The van der Waals surface area contributed by atoms with Crippen LogP contribution in [0.15, 0.2) is 12.7 Å².